The summed E-state index contributed by atoms with van der Waals surface area (Å²) in [5.41, 5.74) is 2.00. The van der Waals surface area contributed by atoms with Gasteiger partial charge in [-0.2, -0.15) is 0 Å². The molecule has 2 aromatic carbocycles. The monoisotopic (exact) mass is 369 g/mol. The van der Waals surface area contributed by atoms with Gasteiger partial charge in [-0.05, 0) is 64.6 Å². The van der Waals surface area contributed by atoms with Gasteiger partial charge in [0.1, 0.15) is 5.82 Å². The minimum absolute atomic E-state index is 0.0486. The molecule has 0 radical (unpaired) electrons. The molecule has 0 aliphatic carbocycles. The molecule has 1 N–H and O–H groups in total. The van der Waals surface area contributed by atoms with Crippen LogP contribution in [-0.4, -0.2) is 6.54 Å². The van der Waals surface area contributed by atoms with Gasteiger partial charge in [0.25, 0.3) is 0 Å². The van der Waals surface area contributed by atoms with Gasteiger partial charge < -0.3 is 5.32 Å². The second-order valence-electron chi connectivity index (χ2n) is 4.98. The summed E-state index contributed by atoms with van der Waals surface area (Å²) in [4.78, 5) is 0. The van der Waals surface area contributed by atoms with Gasteiger partial charge in [0.2, 0.25) is 0 Å². The maximum absolute atomic E-state index is 13.8. The molecule has 0 saturated carbocycles. The van der Waals surface area contributed by atoms with E-state index in [1.807, 2.05) is 30.3 Å². The quantitative estimate of drug-likeness (QED) is 0.705. The maximum atomic E-state index is 13.8. The highest BCUT2D eigenvalue weighted by molar-refractivity contribution is 9.10. The normalized spacial score (nSPS) is 12.4. The van der Waals surface area contributed by atoms with Gasteiger partial charge in [0.05, 0.1) is 4.47 Å². The lowest BCUT2D eigenvalue weighted by Gasteiger charge is -2.20. The van der Waals surface area contributed by atoms with Gasteiger partial charge >= 0.3 is 0 Å². The zero-order valence-electron chi connectivity index (χ0n) is 11.9. The minimum Gasteiger partial charge on any atom is -0.310 e. The summed E-state index contributed by atoms with van der Waals surface area (Å²) < 4.78 is 14.3. The van der Waals surface area contributed by atoms with Crippen molar-refractivity contribution in [1.82, 2.24) is 5.32 Å². The number of nitrogens with one attached hydrogen (secondary N) is 1. The number of hydrogen-bond acceptors (Lipinski definition) is 1. The molecule has 0 spiro atoms. The van der Waals surface area contributed by atoms with Crippen molar-refractivity contribution < 1.29 is 4.39 Å². The third-order valence-corrected chi connectivity index (χ3v) is 4.38. The molecule has 4 heteroatoms. The van der Waals surface area contributed by atoms with Crippen LogP contribution in [0.2, 0.25) is 5.02 Å². The molecule has 1 nitrogen and oxygen atoms in total. The molecule has 112 valence electrons. The third-order valence-electron chi connectivity index (χ3n) is 3.37. The fraction of sp³-hybridized carbons (Fsp3) is 0.294. The highest BCUT2D eigenvalue weighted by Crippen LogP contribution is 2.26. The van der Waals surface area contributed by atoms with Crippen LogP contribution in [0.1, 0.15) is 30.5 Å². The Morgan fingerprint density at radius 2 is 2.00 bits per heavy atom. The summed E-state index contributed by atoms with van der Waals surface area (Å²) in [7, 11) is 0. The second kappa shape index (κ2) is 7.92. The van der Waals surface area contributed by atoms with Crippen LogP contribution in [0.3, 0.4) is 0 Å². The van der Waals surface area contributed by atoms with Crippen molar-refractivity contribution in [1.29, 1.82) is 0 Å². The fourth-order valence-electron chi connectivity index (χ4n) is 2.24. The first kappa shape index (κ1) is 16.5. The van der Waals surface area contributed by atoms with Crippen molar-refractivity contribution in [3.8, 4) is 0 Å². The van der Waals surface area contributed by atoms with Crippen molar-refractivity contribution in [2.24, 2.45) is 0 Å². The van der Waals surface area contributed by atoms with Crippen molar-refractivity contribution >= 4 is 27.5 Å². The van der Waals surface area contributed by atoms with Crippen LogP contribution in [0.5, 0.6) is 0 Å². The van der Waals surface area contributed by atoms with E-state index in [0.717, 1.165) is 35.5 Å². The highest BCUT2D eigenvalue weighted by atomic mass is 79.9. The Bertz CT molecular complexity index is 603. The van der Waals surface area contributed by atoms with Gasteiger partial charge in [-0.15, -0.1) is 0 Å². The molecule has 1 unspecified atom stereocenters. The molecule has 0 saturated heterocycles. The largest absolute Gasteiger partial charge is 0.310 e. The molecule has 0 bridgehead atoms. The van der Waals surface area contributed by atoms with E-state index < -0.39 is 0 Å². The molecule has 0 aliphatic heterocycles. The Morgan fingerprint density at radius 1 is 1.24 bits per heavy atom. The zero-order valence-corrected chi connectivity index (χ0v) is 14.2. The van der Waals surface area contributed by atoms with Crippen molar-refractivity contribution in [3.63, 3.8) is 0 Å². The smallest absolute Gasteiger partial charge is 0.137 e. The Morgan fingerprint density at radius 3 is 2.67 bits per heavy atom. The molecule has 2 aromatic rings. The molecule has 1 atom stereocenters. The first-order valence-electron chi connectivity index (χ1n) is 7.03. The van der Waals surface area contributed by atoms with E-state index in [-0.39, 0.29) is 11.9 Å². The number of halogens is 3. The summed E-state index contributed by atoms with van der Waals surface area (Å²) in [5.74, 6) is -0.241. The average Bonchev–Trinajstić information content (AvgIpc) is 2.48. The number of rotatable bonds is 6. The predicted molar refractivity (Wildman–Crippen MR) is 90.3 cm³/mol. The lowest BCUT2D eigenvalue weighted by atomic mass is 9.98. The molecule has 0 amide bonds. The Kier molecular flexibility index (Phi) is 6.22. The van der Waals surface area contributed by atoms with Gasteiger partial charge in [0, 0.05) is 11.1 Å². The van der Waals surface area contributed by atoms with E-state index in [0.29, 0.717) is 4.47 Å². The zero-order chi connectivity index (χ0) is 15.2. The first-order chi connectivity index (χ1) is 10.1. The number of hydrogen-bond donors (Lipinski definition) is 1. The lowest BCUT2D eigenvalue weighted by Crippen LogP contribution is -2.24. The van der Waals surface area contributed by atoms with Gasteiger partial charge in [-0.1, -0.05) is 42.8 Å². The van der Waals surface area contributed by atoms with Crippen LogP contribution in [0.4, 0.5) is 4.39 Å². The van der Waals surface area contributed by atoms with Crippen LogP contribution < -0.4 is 5.32 Å². The van der Waals surface area contributed by atoms with Crippen molar-refractivity contribution in [2.75, 3.05) is 6.54 Å². The minimum atomic E-state index is -0.241. The second-order valence-corrected chi connectivity index (χ2v) is 6.24. The highest BCUT2D eigenvalue weighted by Gasteiger charge is 2.14. The van der Waals surface area contributed by atoms with E-state index in [1.165, 1.54) is 0 Å². The molecule has 2 rings (SSSR count). The van der Waals surface area contributed by atoms with E-state index in [9.17, 15) is 4.39 Å². The Hall–Kier alpha value is -0.900. The molecular formula is C17H18BrClFN. The summed E-state index contributed by atoms with van der Waals surface area (Å²) in [6.07, 6.45) is 1.76. The Balaban J connectivity index is 2.25. The summed E-state index contributed by atoms with van der Waals surface area (Å²) in [6, 6.07) is 13.1. The van der Waals surface area contributed by atoms with Crippen LogP contribution in [0.15, 0.2) is 46.9 Å². The summed E-state index contributed by atoms with van der Waals surface area (Å²) in [5, 5.41) is 4.22. The SMILES string of the molecule is CCCNC(Cc1ccccc1Cl)c1ccc(Br)c(F)c1. The lowest BCUT2D eigenvalue weighted by molar-refractivity contribution is 0.523. The van der Waals surface area contributed by atoms with Gasteiger partial charge in [-0.3, -0.25) is 0 Å². The topological polar surface area (TPSA) is 12.0 Å². The van der Waals surface area contributed by atoms with Crippen molar-refractivity contribution in [3.05, 3.63) is 68.9 Å². The summed E-state index contributed by atoms with van der Waals surface area (Å²) >= 11 is 9.43. The van der Waals surface area contributed by atoms with Crippen LogP contribution in [-0.2, 0) is 6.42 Å². The van der Waals surface area contributed by atoms with E-state index in [1.54, 1.807) is 12.1 Å². The Labute approximate surface area is 138 Å². The van der Waals surface area contributed by atoms with E-state index in [2.05, 4.69) is 28.2 Å². The van der Waals surface area contributed by atoms with E-state index in [4.69, 9.17) is 11.6 Å². The molecule has 21 heavy (non-hydrogen) atoms. The van der Waals surface area contributed by atoms with Crippen LogP contribution in [0, 0.1) is 5.82 Å². The standard InChI is InChI=1S/C17H18BrClFN/c1-2-9-21-17(11-12-5-3-4-6-15(12)19)13-7-8-14(18)16(20)10-13/h3-8,10,17,21H,2,9,11H2,1H3. The summed E-state index contributed by atoms with van der Waals surface area (Å²) in [6.45, 7) is 2.99. The van der Waals surface area contributed by atoms with Crippen LogP contribution in [0.25, 0.3) is 0 Å². The molecule has 0 heterocycles. The molecular weight excluding hydrogens is 353 g/mol. The molecule has 0 aromatic heterocycles. The average molecular weight is 371 g/mol. The van der Waals surface area contributed by atoms with Crippen LogP contribution >= 0.6 is 27.5 Å². The predicted octanol–water partition coefficient (Wildman–Crippen LogP) is 5.53. The maximum Gasteiger partial charge on any atom is 0.137 e. The molecule has 0 fully saturated rings. The third kappa shape index (κ3) is 4.53. The van der Waals surface area contributed by atoms with Gasteiger partial charge in [-0.25, -0.2) is 4.39 Å². The first-order valence-corrected chi connectivity index (χ1v) is 8.20. The fourth-order valence-corrected chi connectivity index (χ4v) is 2.70. The number of benzene rings is 2. The molecule has 0 aliphatic rings. The van der Waals surface area contributed by atoms with Gasteiger partial charge in [0.15, 0.2) is 0 Å². The van der Waals surface area contributed by atoms with Crippen molar-refractivity contribution in [2.45, 2.75) is 25.8 Å². The van der Waals surface area contributed by atoms with E-state index >= 15 is 0 Å².